The molecule has 0 spiro atoms. The molecule has 0 fully saturated rings. The molecule has 0 aliphatic heterocycles. The minimum absolute atomic E-state index is 0.385. The van der Waals surface area contributed by atoms with Crippen LogP contribution >= 0.6 is 0 Å². The maximum Gasteiger partial charge on any atom is 0.177 e. The summed E-state index contributed by atoms with van der Waals surface area (Å²) >= 11 is 0. The fourth-order valence-corrected chi connectivity index (χ4v) is 2.34. The van der Waals surface area contributed by atoms with Gasteiger partial charge >= 0.3 is 0 Å². The lowest BCUT2D eigenvalue weighted by molar-refractivity contribution is 0.410. The molecule has 0 saturated carbocycles. The Morgan fingerprint density at radius 1 is 1.05 bits per heavy atom. The maximum atomic E-state index is 5.98. The molecule has 0 unspecified atom stereocenters. The van der Waals surface area contributed by atoms with Gasteiger partial charge < -0.3 is 15.0 Å². The second kappa shape index (κ2) is 5.32. The van der Waals surface area contributed by atoms with Gasteiger partial charge in [0, 0.05) is 5.56 Å². The highest BCUT2D eigenvalue weighted by molar-refractivity contribution is 5.86. The van der Waals surface area contributed by atoms with Crippen molar-refractivity contribution in [1.82, 2.24) is 5.16 Å². The summed E-state index contributed by atoms with van der Waals surface area (Å²) in [7, 11) is 1.65. The third-order valence-electron chi connectivity index (χ3n) is 3.45. The molecule has 4 nitrogen and oxygen atoms in total. The number of methoxy groups -OCH3 is 1. The van der Waals surface area contributed by atoms with E-state index < -0.39 is 0 Å². The smallest absolute Gasteiger partial charge is 0.177 e. The van der Waals surface area contributed by atoms with Crippen molar-refractivity contribution < 1.29 is 9.26 Å². The first-order valence-corrected chi connectivity index (χ1v) is 6.66. The Morgan fingerprint density at radius 3 is 2.52 bits per heavy atom. The topological polar surface area (TPSA) is 61.3 Å². The van der Waals surface area contributed by atoms with Crippen LogP contribution in [0.15, 0.2) is 53.1 Å². The SMILES string of the molecule is COc1cc(-c2onc(N)c2-c2ccccc2)ccc1C. The first-order chi connectivity index (χ1) is 10.2. The molecule has 3 rings (SSSR count). The number of hydrogen-bond acceptors (Lipinski definition) is 4. The Labute approximate surface area is 123 Å². The molecule has 0 radical (unpaired) electrons. The summed E-state index contributed by atoms with van der Waals surface area (Å²) in [5.74, 6) is 1.84. The molecule has 21 heavy (non-hydrogen) atoms. The minimum atomic E-state index is 0.385. The van der Waals surface area contributed by atoms with Crippen LogP contribution < -0.4 is 10.5 Å². The van der Waals surface area contributed by atoms with Crippen LogP contribution in [0.2, 0.25) is 0 Å². The standard InChI is InChI=1S/C17H16N2O2/c1-11-8-9-13(10-14(11)20-2)16-15(17(18)19-21-16)12-6-4-3-5-7-12/h3-10H,1-2H3,(H2,18,19). The number of nitrogens with two attached hydrogens (primary N) is 1. The molecule has 3 aromatic rings. The fourth-order valence-electron chi connectivity index (χ4n) is 2.34. The largest absolute Gasteiger partial charge is 0.496 e. The van der Waals surface area contributed by atoms with E-state index in [4.69, 9.17) is 15.0 Å². The van der Waals surface area contributed by atoms with Gasteiger partial charge in [-0.3, -0.25) is 0 Å². The molecule has 2 aromatic carbocycles. The molecule has 106 valence electrons. The molecule has 0 amide bonds. The van der Waals surface area contributed by atoms with Crippen molar-refractivity contribution in [2.75, 3.05) is 12.8 Å². The van der Waals surface area contributed by atoms with Crippen molar-refractivity contribution in [3.63, 3.8) is 0 Å². The first kappa shape index (κ1) is 13.2. The normalized spacial score (nSPS) is 10.6. The third kappa shape index (κ3) is 2.36. The van der Waals surface area contributed by atoms with Gasteiger partial charge in [0.15, 0.2) is 11.6 Å². The lowest BCUT2D eigenvalue weighted by Crippen LogP contribution is -1.90. The number of hydrogen-bond donors (Lipinski definition) is 1. The lowest BCUT2D eigenvalue weighted by atomic mass is 10.0. The molecule has 0 aliphatic carbocycles. The van der Waals surface area contributed by atoms with Gasteiger partial charge in [-0.15, -0.1) is 0 Å². The van der Waals surface area contributed by atoms with Gasteiger partial charge in [0.25, 0.3) is 0 Å². The molecule has 0 bridgehead atoms. The third-order valence-corrected chi connectivity index (χ3v) is 3.45. The van der Waals surface area contributed by atoms with E-state index in [1.54, 1.807) is 7.11 Å². The average molecular weight is 280 g/mol. The van der Waals surface area contributed by atoms with Crippen molar-refractivity contribution in [3.8, 4) is 28.2 Å². The Morgan fingerprint density at radius 2 is 1.81 bits per heavy atom. The number of aryl methyl sites for hydroxylation is 1. The minimum Gasteiger partial charge on any atom is -0.496 e. The number of nitrogen functional groups attached to an aromatic ring is 1. The van der Waals surface area contributed by atoms with E-state index in [9.17, 15) is 0 Å². The van der Waals surface area contributed by atoms with Crippen LogP contribution in [0.4, 0.5) is 5.82 Å². The molecular formula is C17H16N2O2. The molecule has 4 heteroatoms. The van der Waals surface area contributed by atoms with E-state index >= 15 is 0 Å². The lowest BCUT2D eigenvalue weighted by Gasteiger charge is -2.07. The van der Waals surface area contributed by atoms with Gasteiger partial charge in [0.1, 0.15) is 5.75 Å². The molecule has 1 heterocycles. The van der Waals surface area contributed by atoms with Crippen LogP contribution in [0.3, 0.4) is 0 Å². The van der Waals surface area contributed by atoms with Gasteiger partial charge in [-0.2, -0.15) is 0 Å². The predicted molar refractivity (Wildman–Crippen MR) is 83.1 cm³/mol. The molecule has 1 aromatic heterocycles. The zero-order valence-electron chi connectivity index (χ0n) is 12.0. The molecule has 0 aliphatic rings. The molecule has 2 N–H and O–H groups in total. The quantitative estimate of drug-likeness (QED) is 0.790. The van der Waals surface area contributed by atoms with Gasteiger partial charge in [-0.25, -0.2) is 0 Å². The van der Waals surface area contributed by atoms with Gasteiger partial charge in [0.05, 0.1) is 12.7 Å². The molecule has 0 atom stereocenters. The van der Waals surface area contributed by atoms with Crippen LogP contribution in [-0.2, 0) is 0 Å². The maximum absolute atomic E-state index is 5.98. The number of benzene rings is 2. The van der Waals surface area contributed by atoms with Crippen molar-refractivity contribution in [3.05, 3.63) is 54.1 Å². The monoisotopic (exact) mass is 280 g/mol. The van der Waals surface area contributed by atoms with Crippen molar-refractivity contribution >= 4 is 5.82 Å². The van der Waals surface area contributed by atoms with E-state index in [2.05, 4.69) is 5.16 Å². The second-order valence-electron chi connectivity index (χ2n) is 4.82. The Bertz CT molecular complexity index is 764. The Kier molecular flexibility index (Phi) is 3.36. The van der Waals surface area contributed by atoms with Crippen molar-refractivity contribution in [2.45, 2.75) is 6.92 Å². The molecular weight excluding hydrogens is 264 g/mol. The van der Waals surface area contributed by atoms with Gasteiger partial charge in [-0.05, 0) is 24.1 Å². The number of ether oxygens (including phenoxy) is 1. The van der Waals surface area contributed by atoms with E-state index in [1.165, 1.54) is 0 Å². The number of nitrogens with zero attached hydrogens (tertiary/aromatic N) is 1. The number of aromatic nitrogens is 1. The first-order valence-electron chi connectivity index (χ1n) is 6.66. The molecule has 0 saturated heterocycles. The van der Waals surface area contributed by atoms with Crippen LogP contribution in [0.1, 0.15) is 5.56 Å². The van der Waals surface area contributed by atoms with E-state index in [0.29, 0.717) is 11.6 Å². The van der Waals surface area contributed by atoms with Crippen LogP contribution in [0.5, 0.6) is 5.75 Å². The summed E-state index contributed by atoms with van der Waals surface area (Å²) in [6.07, 6.45) is 0. The van der Waals surface area contributed by atoms with E-state index in [0.717, 1.165) is 28.0 Å². The number of rotatable bonds is 3. The zero-order valence-corrected chi connectivity index (χ0v) is 12.0. The Balaban J connectivity index is 2.17. The summed E-state index contributed by atoms with van der Waals surface area (Å²) in [6.45, 7) is 2.00. The highest BCUT2D eigenvalue weighted by Crippen LogP contribution is 2.37. The summed E-state index contributed by atoms with van der Waals surface area (Å²) in [4.78, 5) is 0. The van der Waals surface area contributed by atoms with E-state index in [-0.39, 0.29) is 0 Å². The Hall–Kier alpha value is -2.75. The second-order valence-corrected chi connectivity index (χ2v) is 4.82. The van der Waals surface area contributed by atoms with Gasteiger partial charge in [0.2, 0.25) is 0 Å². The van der Waals surface area contributed by atoms with Crippen LogP contribution in [-0.4, -0.2) is 12.3 Å². The average Bonchev–Trinajstić information content (AvgIpc) is 2.90. The van der Waals surface area contributed by atoms with E-state index in [1.807, 2.05) is 55.5 Å². The van der Waals surface area contributed by atoms with Crippen molar-refractivity contribution in [2.24, 2.45) is 0 Å². The number of anilines is 1. The predicted octanol–water partition coefficient (Wildman–Crippen LogP) is 3.91. The van der Waals surface area contributed by atoms with Crippen LogP contribution in [0, 0.1) is 6.92 Å². The fraction of sp³-hybridized carbons (Fsp3) is 0.118. The summed E-state index contributed by atoms with van der Waals surface area (Å²) in [6, 6.07) is 15.7. The summed E-state index contributed by atoms with van der Waals surface area (Å²) in [5, 5.41) is 3.91. The van der Waals surface area contributed by atoms with Crippen LogP contribution in [0.25, 0.3) is 22.5 Å². The van der Waals surface area contributed by atoms with Gasteiger partial charge in [-0.1, -0.05) is 47.6 Å². The highest BCUT2D eigenvalue weighted by atomic mass is 16.5. The summed E-state index contributed by atoms with van der Waals surface area (Å²) in [5.41, 5.74) is 9.71. The van der Waals surface area contributed by atoms with Crippen molar-refractivity contribution in [1.29, 1.82) is 0 Å². The summed E-state index contributed by atoms with van der Waals surface area (Å²) < 4.78 is 10.8. The zero-order chi connectivity index (χ0) is 14.8. The highest BCUT2D eigenvalue weighted by Gasteiger charge is 2.18.